The third-order valence-electron chi connectivity index (χ3n) is 3.96. The predicted molar refractivity (Wildman–Crippen MR) is 79.4 cm³/mol. The Bertz CT molecular complexity index is 407. The van der Waals surface area contributed by atoms with Crippen molar-refractivity contribution in [2.24, 2.45) is 5.92 Å². The first-order valence-electron chi connectivity index (χ1n) is 7.21. The molecule has 1 amide bonds. The lowest BCUT2D eigenvalue weighted by Crippen LogP contribution is -2.31. The highest BCUT2D eigenvalue weighted by atomic mass is 16.2. The lowest BCUT2D eigenvalue weighted by molar-refractivity contribution is -0.118. The molecule has 1 aromatic carbocycles. The van der Waals surface area contributed by atoms with Crippen LogP contribution in [0.2, 0.25) is 0 Å². The van der Waals surface area contributed by atoms with Crippen LogP contribution in [0.4, 0.5) is 5.69 Å². The molecule has 2 rings (SSSR count). The first-order valence-corrected chi connectivity index (χ1v) is 7.21. The fraction of sp³-hybridized carbons (Fsp3) is 0.562. The summed E-state index contributed by atoms with van der Waals surface area (Å²) in [6, 6.07) is 8.11. The zero-order valence-corrected chi connectivity index (χ0v) is 12.0. The Morgan fingerprint density at radius 2 is 2.11 bits per heavy atom. The Hall–Kier alpha value is -1.35. The molecule has 0 aliphatic carbocycles. The highest BCUT2D eigenvalue weighted by Crippen LogP contribution is 2.19. The molecule has 0 saturated carbocycles. The zero-order chi connectivity index (χ0) is 13.7. The lowest BCUT2D eigenvalue weighted by atomic mass is 9.94. The molecule has 1 aromatic rings. The summed E-state index contributed by atoms with van der Waals surface area (Å²) in [7, 11) is 1.87. The molecule has 0 aromatic heterocycles. The van der Waals surface area contributed by atoms with Crippen LogP contribution >= 0.6 is 0 Å². The first-order chi connectivity index (χ1) is 9.16. The van der Waals surface area contributed by atoms with Crippen molar-refractivity contribution < 1.29 is 4.79 Å². The van der Waals surface area contributed by atoms with Gasteiger partial charge in [-0.2, -0.15) is 0 Å². The van der Waals surface area contributed by atoms with E-state index in [0.29, 0.717) is 12.3 Å². The molecule has 104 valence electrons. The number of hydrogen-bond acceptors (Lipinski definition) is 2. The van der Waals surface area contributed by atoms with Gasteiger partial charge in [0.05, 0.1) is 0 Å². The number of amides is 1. The van der Waals surface area contributed by atoms with Crippen LogP contribution < -0.4 is 10.2 Å². The fourth-order valence-electron chi connectivity index (χ4n) is 2.58. The quantitative estimate of drug-likeness (QED) is 0.903. The molecule has 1 unspecified atom stereocenters. The van der Waals surface area contributed by atoms with Crippen LogP contribution in [0, 0.1) is 12.8 Å². The summed E-state index contributed by atoms with van der Waals surface area (Å²) in [5.74, 6) is 0.888. The number of aryl methyl sites for hydroxylation is 1. The maximum Gasteiger partial charge on any atom is 0.226 e. The van der Waals surface area contributed by atoms with Crippen LogP contribution in [0.25, 0.3) is 0 Å². The van der Waals surface area contributed by atoms with E-state index in [0.717, 1.165) is 25.2 Å². The molecular weight excluding hydrogens is 236 g/mol. The van der Waals surface area contributed by atoms with Crippen molar-refractivity contribution in [1.82, 2.24) is 5.32 Å². The summed E-state index contributed by atoms with van der Waals surface area (Å²) in [6.07, 6.45) is 4.15. The maximum absolute atomic E-state index is 12.2. The van der Waals surface area contributed by atoms with Crippen LogP contribution in [0.1, 0.15) is 31.2 Å². The van der Waals surface area contributed by atoms with Gasteiger partial charge in [-0.05, 0) is 57.3 Å². The highest BCUT2D eigenvalue weighted by Gasteiger charge is 2.16. The maximum atomic E-state index is 12.2. The SMILES string of the molecule is Cc1ccc(N(C)C(=O)CCC2CCCNC2)cc1. The Morgan fingerprint density at radius 1 is 1.37 bits per heavy atom. The molecule has 0 bridgehead atoms. The van der Waals surface area contributed by atoms with Gasteiger partial charge >= 0.3 is 0 Å². The number of carbonyl (C=O) groups is 1. The van der Waals surface area contributed by atoms with Crippen molar-refractivity contribution in [3.8, 4) is 0 Å². The van der Waals surface area contributed by atoms with Gasteiger partial charge in [-0.3, -0.25) is 4.79 Å². The number of nitrogens with zero attached hydrogens (tertiary/aromatic N) is 1. The molecule has 1 heterocycles. The average Bonchev–Trinajstić information content (AvgIpc) is 2.46. The summed E-state index contributed by atoms with van der Waals surface area (Å²) in [5, 5.41) is 3.40. The predicted octanol–water partition coefficient (Wildman–Crippen LogP) is 2.74. The number of hydrogen-bond donors (Lipinski definition) is 1. The molecule has 1 aliphatic rings. The standard InChI is InChI=1S/C16H24N2O/c1-13-5-8-15(9-6-13)18(2)16(19)10-7-14-4-3-11-17-12-14/h5-6,8-9,14,17H,3-4,7,10-12H2,1-2H3. The van der Waals surface area contributed by atoms with E-state index in [2.05, 4.69) is 12.2 Å². The largest absolute Gasteiger partial charge is 0.316 e. The third-order valence-corrected chi connectivity index (χ3v) is 3.96. The molecule has 1 fully saturated rings. The van der Waals surface area contributed by atoms with Crippen molar-refractivity contribution in [3.05, 3.63) is 29.8 Å². The van der Waals surface area contributed by atoms with Gasteiger partial charge in [0.2, 0.25) is 5.91 Å². The molecule has 0 spiro atoms. The van der Waals surface area contributed by atoms with E-state index in [1.165, 1.54) is 18.4 Å². The number of benzene rings is 1. The van der Waals surface area contributed by atoms with Crippen LogP contribution in [-0.2, 0) is 4.79 Å². The molecule has 1 atom stereocenters. The van der Waals surface area contributed by atoms with E-state index in [1.54, 1.807) is 4.90 Å². The average molecular weight is 260 g/mol. The normalized spacial score (nSPS) is 19.2. The Balaban J connectivity index is 1.83. The molecule has 3 nitrogen and oxygen atoms in total. The second kappa shape index (κ2) is 6.71. The third kappa shape index (κ3) is 4.06. The minimum Gasteiger partial charge on any atom is -0.316 e. The van der Waals surface area contributed by atoms with Gasteiger partial charge in [0.1, 0.15) is 0 Å². The summed E-state index contributed by atoms with van der Waals surface area (Å²) in [6.45, 7) is 4.26. The summed E-state index contributed by atoms with van der Waals surface area (Å²) < 4.78 is 0. The smallest absolute Gasteiger partial charge is 0.226 e. The van der Waals surface area contributed by atoms with Crippen molar-refractivity contribution in [1.29, 1.82) is 0 Å². The minimum absolute atomic E-state index is 0.217. The van der Waals surface area contributed by atoms with E-state index in [4.69, 9.17) is 0 Å². The molecule has 1 aliphatic heterocycles. The minimum atomic E-state index is 0.217. The van der Waals surface area contributed by atoms with Crippen molar-refractivity contribution in [2.45, 2.75) is 32.6 Å². The Kier molecular flexibility index (Phi) is 4.97. The Morgan fingerprint density at radius 3 is 2.74 bits per heavy atom. The molecule has 19 heavy (non-hydrogen) atoms. The van der Waals surface area contributed by atoms with Gasteiger partial charge in [0.15, 0.2) is 0 Å². The van der Waals surface area contributed by atoms with E-state index >= 15 is 0 Å². The van der Waals surface area contributed by atoms with Crippen LogP contribution in [0.3, 0.4) is 0 Å². The number of nitrogens with one attached hydrogen (secondary N) is 1. The van der Waals surface area contributed by atoms with E-state index < -0.39 is 0 Å². The number of carbonyl (C=O) groups excluding carboxylic acids is 1. The second-order valence-corrected chi connectivity index (χ2v) is 5.54. The fourth-order valence-corrected chi connectivity index (χ4v) is 2.58. The molecule has 3 heteroatoms. The van der Waals surface area contributed by atoms with E-state index in [9.17, 15) is 4.79 Å². The van der Waals surface area contributed by atoms with Gasteiger partial charge in [-0.15, -0.1) is 0 Å². The van der Waals surface area contributed by atoms with Crippen LogP contribution in [0.5, 0.6) is 0 Å². The summed E-state index contributed by atoms with van der Waals surface area (Å²) >= 11 is 0. The van der Waals surface area contributed by atoms with Crippen molar-refractivity contribution in [3.63, 3.8) is 0 Å². The summed E-state index contributed by atoms with van der Waals surface area (Å²) in [4.78, 5) is 14.0. The number of rotatable bonds is 4. The van der Waals surface area contributed by atoms with E-state index in [-0.39, 0.29) is 5.91 Å². The van der Waals surface area contributed by atoms with Gasteiger partial charge in [0.25, 0.3) is 0 Å². The number of piperidine rings is 1. The van der Waals surface area contributed by atoms with Gasteiger partial charge < -0.3 is 10.2 Å². The van der Waals surface area contributed by atoms with Gasteiger partial charge in [-0.25, -0.2) is 0 Å². The van der Waals surface area contributed by atoms with Crippen molar-refractivity contribution in [2.75, 3.05) is 25.0 Å². The topological polar surface area (TPSA) is 32.3 Å². The van der Waals surface area contributed by atoms with Crippen LogP contribution in [0.15, 0.2) is 24.3 Å². The summed E-state index contributed by atoms with van der Waals surface area (Å²) in [5.41, 5.74) is 2.20. The zero-order valence-electron chi connectivity index (χ0n) is 12.0. The number of anilines is 1. The monoisotopic (exact) mass is 260 g/mol. The molecular formula is C16H24N2O. The van der Waals surface area contributed by atoms with Gasteiger partial charge in [-0.1, -0.05) is 17.7 Å². The lowest BCUT2D eigenvalue weighted by Gasteiger charge is -2.24. The molecule has 1 saturated heterocycles. The second-order valence-electron chi connectivity index (χ2n) is 5.54. The molecule has 0 radical (unpaired) electrons. The van der Waals surface area contributed by atoms with Crippen molar-refractivity contribution >= 4 is 11.6 Å². The highest BCUT2D eigenvalue weighted by molar-refractivity contribution is 5.92. The molecule has 1 N–H and O–H groups in total. The Labute approximate surface area is 116 Å². The van der Waals surface area contributed by atoms with Crippen LogP contribution in [-0.4, -0.2) is 26.0 Å². The first kappa shape index (κ1) is 14.1. The van der Waals surface area contributed by atoms with E-state index in [1.807, 2.05) is 31.3 Å². The van der Waals surface area contributed by atoms with Gasteiger partial charge in [0, 0.05) is 19.2 Å².